The summed E-state index contributed by atoms with van der Waals surface area (Å²) in [4.78, 5) is 12.2. The summed E-state index contributed by atoms with van der Waals surface area (Å²) in [5.41, 5.74) is 1.03. The molecule has 2 nitrogen and oxygen atoms in total. The van der Waals surface area contributed by atoms with Crippen molar-refractivity contribution in [2.45, 2.75) is 11.4 Å². The molecule has 0 spiro atoms. The second-order valence-corrected chi connectivity index (χ2v) is 4.39. The normalized spacial score (nSPS) is 10.2. The Kier molecular flexibility index (Phi) is 5.36. The van der Waals surface area contributed by atoms with Crippen LogP contribution in [0.25, 0.3) is 0 Å². The molecule has 16 heavy (non-hydrogen) atoms. The van der Waals surface area contributed by atoms with Crippen molar-refractivity contribution in [2.24, 2.45) is 0 Å². The van der Waals surface area contributed by atoms with Crippen LogP contribution in [0, 0.1) is 0 Å². The van der Waals surface area contributed by atoms with Crippen molar-refractivity contribution in [2.75, 3.05) is 6.54 Å². The van der Waals surface area contributed by atoms with E-state index in [1.54, 1.807) is 11.0 Å². The van der Waals surface area contributed by atoms with Crippen molar-refractivity contribution in [1.29, 1.82) is 0 Å². The molecule has 0 saturated heterocycles. The number of carbonyl (C=O) groups is 1. The Bertz CT molecular complexity index is 351. The van der Waals surface area contributed by atoms with Crippen LogP contribution in [0.4, 0.5) is 0 Å². The van der Waals surface area contributed by atoms with Crippen LogP contribution in [-0.4, -0.2) is 22.2 Å². The summed E-state index contributed by atoms with van der Waals surface area (Å²) in [5, 5.41) is 0. The van der Waals surface area contributed by atoms with Gasteiger partial charge in [0.25, 0.3) is 5.91 Å². The maximum Gasteiger partial charge on any atom is 0.256 e. The first-order chi connectivity index (χ1) is 7.65. The fraction of sp³-hybridized carbons (Fsp3) is 0.250. The first-order valence-electron chi connectivity index (χ1n) is 4.87. The summed E-state index contributed by atoms with van der Waals surface area (Å²) in [5.74, 6) is -0.299. The first kappa shape index (κ1) is 13.1. The van der Waals surface area contributed by atoms with E-state index in [2.05, 4.69) is 6.58 Å². The summed E-state index contributed by atoms with van der Waals surface area (Å²) in [6.45, 7) is 4.53. The van der Waals surface area contributed by atoms with Gasteiger partial charge in [0.2, 0.25) is 0 Å². The van der Waals surface area contributed by atoms with Crippen molar-refractivity contribution >= 4 is 29.1 Å². The van der Waals surface area contributed by atoms with Crippen LogP contribution in [-0.2, 0) is 11.3 Å². The summed E-state index contributed by atoms with van der Waals surface area (Å²) in [6.07, 6.45) is 1.65. The van der Waals surface area contributed by atoms with Gasteiger partial charge in [0.05, 0.1) is 0 Å². The van der Waals surface area contributed by atoms with Crippen LogP contribution in [0.3, 0.4) is 0 Å². The molecule has 0 aliphatic carbocycles. The van der Waals surface area contributed by atoms with Gasteiger partial charge in [0.15, 0.2) is 4.84 Å². The van der Waals surface area contributed by atoms with E-state index in [1.807, 2.05) is 30.3 Å². The van der Waals surface area contributed by atoms with Crippen LogP contribution >= 0.6 is 23.2 Å². The summed E-state index contributed by atoms with van der Waals surface area (Å²) >= 11 is 11.1. The Morgan fingerprint density at radius 3 is 2.50 bits per heavy atom. The predicted molar refractivity (Wildman–Crippen MR) is 67.6 cm³/mol. The summed E-state index contributed by atoms with van der Waals surface area (Å²) < 4.78 is 0. The number of amides is 1. The van der Waals surface area contributed by atoms with Crippen molar-refractivity contribution in [3.8, 4) is 0 Å². The Morgan fingerprint density at radius 1 is 1.38 bits per heavy atom. The van der Waals surface area contributed by atoms with Crippen LogP contribution < -0.4 is 0 Å². The monoisotopic (exact) mass is 257 g/mol. The zero-order valence-electron chi connectivity index (χ0n) is 8.77. The van der Waals surface area contributed by atoms with Crippen molar-refractivity contribution in [1.82, 2.24) is 4.90 Å². The van der Waals surface area contributed by atoms with Crippen molar-refractivity contribution in [3.05, 3.63) is 48.6 Å². The molecule has 0 unspecified atom stereocenters. The maximum atomic E-state index is 11.7. The standard InChI is InChI=1S/C12H13Cl2NO/c1-2-8-15(12(16)11(13)14)9-10-6-4-3-5-7-10/h2-7,11H,1,8-9H2. The molecule has 0 aromatic heterocycles. The van der Waals surface area contributed by atoms with Gasteiger partial charge < -0.3 is 4.90 Å². The van der Waals surface area contributed by atoms with Gasteiger partial charge in [0, 0.05) is 13.1 Å². The zero-order chi connectivity index (χ0) is 12.0. The van der Waals surface area contributed by atoms with E-state index in [-0.39, 0.29) is 5.91 Å². The molecule has 0 heterocycles. The average molecular weight is 258 g/mol. The Labute approximate surface area is 105 Å². The highest BCUT2D eigenvalue weighted by atomic mass is 35.5. The van der Waals surface area contributed by atoms with Crippen LogP contribution in [0.15, 0.2) is 43.0 Å². The van der Waals surface area contributed by atoms with Gasteiger partial charge >= 0.3 is 0 Å². The minimum atomic E-state index is -1.02. The Morgan fingerprint density at radius 2 is 2.00 bits per heavy atom. The van der Waals surface area contributed by atoms with E-state index in [1.165, 1.54) is 0 Å². The van der Waals surface area contributed by atoms with E-state index in [4.69, 9.17) is 23.2 Å². The molecule has 1 amide bonds. The molecule has 86 valence electrons. The highest BCUT2D eigenvalue weighted by Crippen LogP contribution is 2.11. The number of rotatable bonds is 5. The second-order valence-electron chi connectivity index (χ2n) is 3.29. The smallest absolute Gasteiger partial charge is 0.256 e. The number of nitrogens with zero attached hydrogens (tertiary/aromatic N) is 1. The SMILES string of the molecule is C=CCN(Cc1ccccc1)C(=O)C(Cl)Cl. The van der Waals surface area contributed by atoms with E-state index in [0.717, 1.165) is 5.56 Å². The molecule has 1 rings (SSSR count). The number of benzene rings is 1. The highest BCUT2D eigenvalue weighted by Gasteiger charge is 2.19. The number of hydrogen-bond donors (Lipinski definition) is 0. The zero-order valence-corrected chi connectivity index (χ0v) is 10.3. The molecule has 0 radical (unpaired) electrons. The summed E-state index contributed by atoms with van der Waals surface area (Å²) in [7, 11) is 0. The lowest BCUT2D eigenvalue weighted by atomic mass is 10.2. The summed E-state index contributed by atoms with van der Waals surface area (Å²) in [6, 6.07) is 9.66. The van der Waals surface area contributed by atoms with Crippen molar-refractivity contribution < 1.29 is 4.79 Å². The number of hydrogen-bond acceptors (Lipinski definition) is 1. The third-order valence-corrected chi connectivity index (χ3v) is 2.44. The Hall–Kier alpha value is -0.990. The second kappa shape index (κ2) is 6.56. The third-order valence-electron chi connectivity index (χ3n) is 2.06. The topological polar surface area (TPSA) is 20.3 Å². The maximum absolute atomic E-state index is 11.7. The van der Waals surface area contributed by atoms with Gasteiger partial charge in [-0.1, -0.05) is 59.6 Å². The van der Waals surface area contributed by atoms with Crippen LogP contribution in [0.1, 0.15) is 5.56 Å². The largest absolute Gasteiger partial charge is 0.332 e. The molecule has 0 atom stereocenters. The molecule has 0 fully saturated rings. The lowest BCUT2D eigenvalue weighted by molar-refractivity contribution is -0.129. The molecular formula is C12H13Cl2NO. The molecule has 0 N–H and O–H groups in total. The quantitative estimate of drug-likeness (QED) is 0.587. The van der Waals surface area contributed by atoms with Crippen LogP contribution in [0.2, 0.25) is 0 Å². The van der Waals surface area contributed by atoms with E-state index in [9.17, 15) is 4.79 Å². The molecular weight excluding hydrogens is 245 g/mol. The average Bonchev–Trinajstić information content (AvgIpc) is 2.29. The molecule has 1 aromatic carbocycles. The van der Waals surface area contributed by atoms with Gasteiger partial charge in [-0.25, -0.2) is 0 Å². The molecule has 0 bridgehead atoms. The molecule has 0 aliphatic heterocycles. The Balaban J connectivity index is 2.72. The van der Waals surface area contributed by atoms with Crippen LogP contribution in [0.5, 0.6) is 0 Å². The lowest BCUT2D eigenvalue weighted by Crippen LogP contribution is -2.34. The van der Waals surface area contributed by atoms with E-state index >= 15 is 0 Å². The molecule has 1 aromatic rings. The molecule has 0 saturated carbocycles. The fourth-order valence-electron chi connectivity index (χ4n) is 1.33. The predicted octanol–water partition coefficient (Wildman–Crippen LogP) is 3.00. The molecule has 4 heteroatoms. The number of alkyl halides is 2. The van der Waals surface area contributed by atoms with Gasteiger partial charge in [-0.3, -0.25) is 4.79 Å². The van der Waals surface area contributed by atoms with Gasteiger partial charge in [-0.2, -0.15) is 0 Å². The van der Waals surface area contributed by atoms with Gasteiger partial charge in [0.1, 0.15) is 0 Å². The minimum Gasteiger partial charge on any atom is -0.332 e. The van der Waals surface area contributed by atoms with E-state index < -0.39 is 4.84 Å². The fourth-order valence-corrected chi connectivity index (χ4v) is 1.61. The van der Waals surface area contributed by atoms with Crippen molar-refractivity contribution in [3.63, 3.8) is 0 Å². The minimum absolute atomic E-state index is 0.299. The third kappa shape index (κ3) is 3.87. The van der Waals surface area contributed by atoms with E-state index in [0.29, 0.717) is 13.1 Å². The first-order valence-corrected chi connectivity index (χ1v) is 5.74. The number of halogens is 2. The lowest BCUT2D eigenvalue weighted by Gasteiger charge is -2.21. The highest BCUT2D eigenvalue weighted by molar-refractivity contribution is 6.53. The number of carbonyl (C=O) groups excluding carboxylic acids is 1. The molecule has 0 aliphatic rings. The van der Waals surface area contributed by atoms with Gasteiger partial charge in [-0.05, 0) is 5.56 Å². The van der Waals surface area contributed by atoms with Gasteiger partial charge in [-0.15, -0.1) is 6.58 Å².